The van der Waals surface area contributed by atoms with Crippen molar-refractivity contribution in [1.29, 1.82) is 0 Å². The number of hydrogen-bond donors (Lipinski definition) is 6. The third-order valence-electron chi connectivity index (χ3n) is 7.91. The van der Waals surface area contributed by atoms with Gasteiger partial charge in [0.05, 0.1) is 19.7 Å². The molecule has 0 unspecified atom stereocenters. The van der Waals surface area contributed by atoms with Crippen LogP contribution >= 0.6 is 0 Å². The van der Waals surface area contributed by atoms with Crippen molar-refractivity contribution in [3.05, 3.63) is 90.5 Å². The molecule has 0 aliphatic rings. The van der Waals surface area contributed by atoms with Crippen LogP contribution in [0, 0.1) is 0 Å². The van der Waals surface area contributed by atoms with E-state index in [0.29, 0.717) is 12.3 Å². The smallest absolute Gasteiger partial charge is 0.405 e. The molecule has 3 aromatic rings. The summed E-state index contributed by atoms with van der Waals surface area (Å²) in [6, 6.07) is 26.2. The second kappa shape index (κ2) is 17.8. The number of anilines is 1. The van der Waals surface area contributed by atoms with Gasteiger partial charge >= 0.3 is 12.1 Å². The molecule has 6 amide bonds. The monoisotopic (exact) mass is 690 g/mol. The number of carboxylic acid groups (broad SMARTS) is 1. The highest BCUT2D eigenvalue weighted by molar-refractivity contribution is 6.99. The van der Waals surface area contributed by atoms with Gasteiger partial charge in [0.2, 0.25) is 17.7 Å². The van der Waals surface area contributed by atoms with E-state index in [4.69, 9.17) is 15.3 Å². The summed E-state index contributed by atoms with van der Waals surface area (Å²) in [4.78, 5) is 60.9. The van der Waals surface area contributed by atoms with E-state index >= 15 is 0 Å². The van der Waals surface area contributed by atoms with E-state index in [0.717, 1.165) is 10.5 Å². The van der Waals surface area contributed by atoms with Gasteiger partial charge in [0.15, 0.2) is 0 Å². The van der Waals surface area contributed by atoms with Crippen molar-refractivity contribution in [1.82, 2.24) is 20.9 Å². The van der Waals surface area contributed by atoms with Crippen molar-refractivity contribution in [3.8, 4) is 0 Å². The zero-order valence-electron chi connectivity index (χ0n) is 28.3. The number of benzene rings is 3. The number of nitrogens with zero attached hydrogens (tertiary/aromatic N) is 1. The second-order valence-corrected chi connectivity index (χ2v) is 16.9. The number of likely N-dealkylation sites (N-methyl/N-ethyl adjacent to an activating group) is 1. The number of nitrogens with two attached hydrogens (primary N) is 1. The van der Waals surface area contributed by atoms with Gasteiger partial charge in [-0.2, -0.15) is 0 Å². The van der Waals surface area contributed by atoms with Crippen LogP contribution in [0.4, 0.5) is 15.3 Å². The molecular weight excluding hydrogens is 645 g/mol. The van der Waals surface area contributed by atoms with Crippen LogP contribution in [-0.2, 0) is 25.4 Å². The quantitative estimate of drug-likeness (QED) is 0.0982. The van der Waals surface area contributed by atoms with Crippen molar-refractivity contribution in [2.75, 3.05) is 32.0 Å². The summed E-state index contributed by atoms with van der Waals surface area (Å²) >= 11 is 0. The fraction of sp³-hybridized carbons (Fsp3) is 0.343. The fourth-order valence-electron chi connectivity index (χ4n) is 5.50. The Morgan fingerprint density at radius 2 is 1.45 bits per heavy atom. The maximum Gasteiger partial charge on any atom is 0.405 e. The number of carbonyl (C=O) groups is 5. The number of hydrogen-bond acceptors (Lipinski definition) is 6. The van der Waals surface area contributed by atoms with Gasteiger partial charge in [-0.1, -0.05) is 93.6 Å². The first kappa shape index (κ1) is 38.2. The molecule has 13 nitrogen and oxygen atoms in total. The molecule has 0 saturated heterocycles. The molecule has 0 heterocycles. The zero-order chi connectivity index (χ0) is 36.0. The van der Waals surface area contributed by atoms with Gasteiger partial charge in [-0.15, -0.1) is 0 Å². The molecule has 3 rings (SSSR count). The van der Waals surface area contributed by atoms with Gasteiger partial charge in [0, 0.05) is 19.3 Å². The van der Waals surface area contributed by atoms with E-state index in [1.54, 1.807) is 12.1 Å². The minimum Gasteiger partial charge on any atom is -0.465 e. The van der Waals surface area contributed by atoms with E-state index in [1.165, 1.54) is 17.4 Å². The average Bonchev–Trinajstić information content (AvgIpc) is 3.06. The molecule has 0 radical (unpaired) electrons. The number of primary amides is 1. The standard InChI is InChI=1S/C35H46N6O7Si/c1-35(2,3)49(27-12-7-5-8-13-27,28-14-9-6-10-15-28)48-24-25-17-19-26(20-18-25)39-30(42)23-41(4)31(43)22-38-32(44)29(40-34(46)47)16-11-21-37-33(36)45/h5-10,12-15,17-20,29,40H,11,16,21-24H2,1-4H3,(H,38,44)(H,39,42)(H,46,47)(H3,36,37,45)/t29-/m0/s1. The third-order valence-corrected chi connectivity index (χ3v) is 12.9. The average molecular weight is 691 g/mol. The van der Waals surface area contributed by atoms with Gasteiger partial charge < -0.3 is 41.4 Å². The molecule has 1 atom stereocenters. The largest absolute Gasteiger partial charge is 0.465 e. The van der Waals surface area contributed by atoms with E-state index < -0.39 is 50.7 Å². The first-order chi connectivity index (χ1) is 23.2. The van der Waals surface area contributed by atoms with Crippen molar-refractivity contribution < 1.29 is 33.5 Å². The molecule has 0 aromatic heterocycles. The fourth-order valence-corrected chi connectivity index (χ4v) is 10.0. The molecule has 0 fully saturated rings. The second-order valence-electron chi connectivity index (χ2n) is 12.6. The van der Waals surface area contributed by atoms with Gasteiger partial charge in [-0.05, 0) is 45.9 Å². The Bertz CT molecular complexity index is 1530. The summed E-state index contributed by atoms with van der Waals surface area (Å²) < 4.78 is 6.98. The molecule has 7 N–H and O–H groups in total. The maximum absolute atomic E-state index is 12.7. The molecule has 0 bridgehead atoms. The SMILES string of the molecule is CN(CC(=O)Nc1ccc(CO[Si](c2ccccc2)(c2ccccc2)C(C)(C)C)cc1)C(=O)CNC(=O)[C@H](CCCNC(N)=O)NC(=O)O. The van der Waals surface area contributed by atoms with Crippen molar-refractivity contribution in [2.24, 2.45) is 5.73 Å². The van der Waals surface area contributed by atoms with Crippen LogP contribution in [0.2, 0.25) is 5.04 Å². The Hall–Kier alpha value is -5.21. The van der Waals surface area contributed by atoms with E-state index in [9.17, 15) is 24.0 Å². The highest BCUT2D eigenvalue weighted by atomic mass is 28.4. The van der Waals surface area contributed by atoms with Crippen molar-refractivity contribution in [3.63, 3.8) is 0 Å². The Balaban J connectivity index is 1.56. The summed E-state index contributed by atoms with van der Waals surface area (Å²) in [5, 5.41) is 20.9. The number of amides is 6. The highest BCUT2D eigenvalue weighted by Crippen LogP contribution is 2.37. The van der Waals surface area contributed by atoms with Crippen LogP contribution in [0.25, 0.3) is 0 Å². The molecular formula is C35H46N6O7Si. The summed E-state index contributed by atoms with van der Waals surface area (Å²) in [5.41, 5.74) is 6.48. The van der Waals surface area contributed by atoms with E-state index in [2.05, 4.69) is 66.3 Å². The van der Waals surface area contributed by atoms with Crippen LogP contribution in [-0.4, -0.2) is 80.9 Å². The number of nitrogens with one attached hydrogen (secondary N) is 4. The van der Waals surface area contributed by atoms with Gasteiger partial charge in [0.25, 0.3) is 8.32 Å². The first-order valence-electron chi connectivity index (χ1n) is 15.9. The maximum atomic E-state index is 12.7. The zero-order valence-corrected chi connectivity index (χ0v) is 29.3. The van der Waals surface area contributed by atoms with E-state index in [1.807, 2.05) is 48.5 Å². The van der Waals surface area contributed by atoms with Crippen molar-refractivity contribution in [2.45, 2.75) is 51.3 Å². The lowest BCUT2D eigenvalue weighted by molar-refractivity contribution is -0.134. The molecule has 262 valence electrons. The summed E-state index contributed by atoms with van der Waals surface area (Å²) in [5.74, 6) is -1.71. The molecule has 14 heteroatoms. The minimum absolute atomic E-state index is 0.0647. The van der Waals surface area contributed by atoms with Gasteiger partial charge in [0.1, 0.15) is 6.04 Å². The van der Waals surface area contributed by atoms with Crippen LogP contribution in [0.15, 0.2) is 84.9 Å². The first-order valence-corrected chi connectivity index (χ1v) is 17.8. The molecule has 0 spiro atoms. The van der Waals surface area contributed by atoms with Crippen molar-refractivity contribution >= 4 is 54.2 Å². The van der Waals surface area contributed by atoms with Crippen LogP contribution in [0.5, 0.6) is 0 Å². The topological polar surface area (TPSA) is 192 Å². The number of carbonyl (C=O) groups excluding carboxylic acids is 4. The predicted molar refractivity (Wildman–Crippen MR) is 190 cm³/mol. The summed E-state index contributed by atoms with van der Waals surface area (Å²) in [6.45, 7) is 6.46. The summed E-state index contributed by atoms with van der Waals surface area (Å²) in [7, 11) is -1.30. The Labute approximate surface area is 287 Å². The van der Waals surface area contributed by atoms with Crippen LogP contribution < -0.4 is 37.4 Å². The molecule has 0 aliphatic heterocycles. The third kappa shape index (κ3) is 11.2. The molecule has 3 aromatic carbocycles. The molecule has 0 saturated carbocycles. The lowest BCUT2D eigenvalue weighted by Gasteiger charge is -2.43. The van der Waals surface area contributed by atoms with Crippen LogP contribution in [0.3, 0.4) is 0 Å². The minimum atomic E-state index is -2.72. The lowest BCUT2D eigenvalue weighted by Crippen LogP contribution is -2.66. The van der Waals surface area contributed by atoms with E-state index in [-0.39, 0.29) is 31.0 Å². The molecule has 49 heavy (non-hydrogen) atoms. The van der Waals surface area contributed by atoms with Gasteiger partial charge in [-0.25, -0.2) is 9.59 Å². The van der Waals surface area contributed by atoms with Crippen LogP contribution in [0.1, 0.15) is 39.2 Å². The number of urea groups is 1. The summed E-state index contributed by atoms with van der Waals surface area (Å²) in [6.07, 6.45) is -1.08. The highest BCUT2D eigenvalue weighted by Gasteiger charge is 2.50. The Morgan fingerprint density at radius 3 is 1.96 bits per heavy atom. The normalized spacial score (nSPS) is 11.9. The molecule has 0 aliphatic carbocycles. The Kier molecular flexibility index (Phi) is 13.9. The van der Waals surface area contributed by atoms with Gasteiger partial charge in [-0.3, -0.25) is 14.4 Å². The predicted octanol–water partition coefficient (Wildman–Crippen LogP) is 2.36. The number of rotatable bonds is 16. The Morgan fingerprint density at radius 1 is 0.878 bits per heavy atom. The lowest BCUT2D eigenvalue weighted by atomic mass is 10.1.